The van der Waals surface area contributed by atoms with Gasteiger partial charge < -0.3 is 10.6 Å². The van der Waals surface area contributed by atoms with E-state index in [1.165, 1.54) is 0 Å². The molecule has 1 aliphatic carbocycles. The number of rotatable bonds is 6. The summed E-state index contributed by atoms with van der Waals surface area (Å²) in [6.45, 7) is 1.34. The minimum atomic E-state index is 0.0631. The molecule has 1 amide bonds. The molecule has 1 saturated carbocycles. The predicted octanol–water partition coefficient (Wildman–Crippen LogP) is 1.83. The Morgan fingerprint density at radius 1 is 1.33 bits per heavy atom. The quantitative estimate of drug-likeness (QED) is 0.880. The molecular formula is C16H20N4O. The molecule has 1 aromatic heterocycles. The van der Waals surface area contributed by atoms with Gasteiger partial charge in [-0.05, 0) is 37.9 Å². The molecule has 0 bridgehead atoms. The predicted molar refractivity (Wildman–Crippen MR) is 81.3 cm³/mol. The van der Waals surface area contributed by atoms with Gasteiger partial charge in [-0.1, -0.05) is 18.2 Å². The van der Waals surface area contributed by atoms with Crippen molar-refractivity contribution in [2.45, 2.75) is 25.3 Å². The lowest BCUT2D eigenvalue weighted by Gasteiger charge is -2.21. The van der Waals surface area contributed by atoms with Crippen LogP contribution in [0.2, 0.25) is 0 Å². The van der Waals surface area contributed by atoms with Crippen LogP contribution in [0.15, 0.2) is 42.7 Å². The molecule has 3 rings (SSSR count). The maximum atomic E-state index is 12.6. The normalized spacial score (nSPS) is 14.1. The van der Waals surface area contributed by atoms with Crippen molar-refractivity contribution < 1.29 is 4.79 Å². The van der Waals surface area contributed by atoms with E-state index < -0.39 is 0 Å². The molecule has 0 atom stereocenters. The summed E-state index contributed by atoms with van der Waals surface area (Å²) in [5, 5.41) is 4.29. The van der Waals surface area contributed by atoms with Crippen LogP contribution in [-0.4, -0.2) is 39.7 Å². The van der Waals surface area contributed by atoms with Crippen LogP contribution < -0.4 is 5.73 Å². The molecular weight excluding hydrogens is 264 g/mol. The molecule has 2 aromatic rings. The van der Waals surface area contributed by atoms with E-state index in [-0.39, 0.29) is 5.91 Å². The van der Waals surface area contributed by atoms with Crippen LogP contribution in [-0.2, 0) is 0 Å². The second-order valence-electron chi connectivity index (χ2n) is 5.38. The van der Waals surface area contributed by atoms with Crippen molar-refractivity contribution >= 4 is 5.91 Å². The Kier molecular flexibility index (Phi) is 4.01. The third-order valence-corrected chi connectivity index (χ3v) is 3.70. The van der Waals surface area contributed by atoms with E-state index in [0.29, 0.717) is 18.2 Å². The number of benzene rings is 1. The number of para-hydroxylation sites is 1. The molecule has 1 aromatic carbocycles. The summed E-state index contributed by atoms with van der Waals surface area (Å²) in [6, 6.07) is 10.2. The highest BCUT2D eigenvalue weighted by atomic mass is 16.2. The van der Waals surface area contributed by atoms with E-state index in [1.54, 1.807) is 17.1 Å². The molecule has 1 heterocycles. The van der Waals surface area contributed by atoms with Crippen LogP contribution in [0.3, 0.4) is 0 Å². The van der Waals surface area contributed by atoms with Crippen molar-refractivity contribution in [1.82, 2.24) is 14.7 Å². The first-order valence-corrected chi connectivity index (χ1v) is 7.40. The van der Waals surface area contributed by atoms with Gasteiger partial charge in [-0.3, -0.25) is 4.79 Å². The molecule has 0 aliphatic heterocycles. The first-order chi connectivity index (χ1) is 10.3. The highest BCUT2D eigenvalue weighted by Crippen LogP contribution is 2.28. The fourth-order valence-corrected chi connectivity index (χ4v) is 2.42. The van der Waals surface area contributed by atoms with Gasteiger partial charge in [0.25, 0.3) is 5.91 Å². The summed E-state index contributed by atoms with van der Waals surface area (Å²) in [5.41, 5.74) is 7.16. The number of nitrogens with two attached hydrogens (primary N) is 1. The first kappa shape index (κ1) is 13.8. The highest BCUT2D eigenvalue weighted by Gasteiger charge is 2.33. The zero-order valence-electron chi connectivity index (χ0n) is 12.0. The topological polar surface area (TPSA) is 64.2 Å². The van der Waals surface area contributed by atoms with E-state index in [2.05, 4.69) is 5.10 Å². The molecule has 21 heavy (non-hydrogen) atoms. The van der Waals surface area contributed by atoms with Gasteiger partial charge >= 0.3 is 0 Å². The van der Waals surface area contributed by atoms with E-state index >= 15 is 0 Å². The van der Waals surface area contributed by atoms with Crippen LogP contribution in [0, 0.1) is 0 Å². The number of hydrogen-bond acceptors (Lipinski definition) is 3. The number of hydrogen-bond donors (Lipinski definition) is 1. The van der Waals surface area contributed by atoms with Gasteiger partial charge in [-0.2, -0.15) is 5.10 Å². The van der Waals surface area contributed by atoms with Crippen LogP contribution in [0.1, 0.15) is 29.6 Å². The second kappa shape index (κ2) is 6.10. The lowest BCUT2D eigenvalue weighted by molar-refractivity contribution is 0.0742. The second-order valence-corrected chi connectivity index (χ2v) is 5.38. The van der Waals surface area contributed by atoms with Crippen molar-refractivity contribution in [2.75, 3.05) is 13.1 Å². The Morgan fingerprint density at radius 3 is 2.76 bits per heavy atom. The largest absolute Gasteiger partial charge is 0.336 e. The van der Waals surface area contributed by atoms with Crippen molar-refractivity contribution in [3.05, 3.63) is 48.3 Å². The summed E-state index contributed by atoms with van der Waals surface area (Å²) in [4.78, 5) is 14.6. The zero-order chi connectivity index (χ0) is 14.7. The van der Waals surface area contributed by atoms with Gasteiger partial charge in [0.15, 0.2) is 0 Å². The maximum Gasteiger partial charge on any atom is 0.257 e. The summed E-state index contributed by atoms with van der Waals surface area (Å²) in [5.74, 6) is 0.0631. The van der Waals surface area contributed by atoms with Crippen LogP contribution in [0.5, 0.6) is 0 Å². The molecule has 1 fully saturated rings. The number of carbonyl (C=O) groups is 1. The molecule has 1 aliphatic rings. The molecule has 110 valence electrons. The van der Waals surface area contributed by atoms with Crippen molar-refractivity contribution in [2.24, 2.45) is 5.73 Å². The Hall–Kier alpha value is -2.14. The third kappa shape index (κ3) is 3.13. The molecule has 2 N–H and O–H groups in total. The molecule has 0 radical (unpaired) electrons. The smallest absolute Gasteiger partial charge is 0.257 e. The van der Waals surface area contributed by atoms with Gasteiger partial charge in [0, 0.05) is 18.8 Å². The lowest BCUT2D eigenvalue weighted by Crippen LogP contribution is -2.34. The van der Waals surface area contributed by atoms with Crippen LogP contribution in [0.25, 0.3) is 5.69 Å². The van der Waals surface area contributed by atoms with E-state index in [0.717, 1.165) is 31.5 Å². The average Bonchev–Trinajstić information content (AvgIpc) is 3.24. The van der Waals surface area contributed by atoms with E-state index in [1.807, 2.05) is 35.2 Å². The molecule has 0 unspecified atom stereocenters. The molecule has 5 heteroatoms. The fraction of sp³-hybridized carbons (Fsp3) is 0.375. The molecule has 5 nitrogen and oxygen atoms in total. The number of amides is 1. The number of aromatic nitrogens is 2. The van der Waals surface area contributed by atoms with Crippen LogP contribution >= 0.6 is 0 Å². The van der Waals surface area contributed by atoms with Crippen molar-refractivity contribution in [3.63, 3.8) is 0 Å². The van der Waals surface area contributed by atoms with Crippen molar-refractivity contribution in [1.29, 1.82) is 0 Å². The SMILES string of the molecule is NCCCN(C(=O)c1cnn(-c2ccccc2)c1)C1CC1. The minimum Gasteiger partial charge on any atom is -0.336 e. The minimum absolute atomic E-state index is 0.0631. The monoisotopic (exact) mass is 284 g/mol. The van der Waals surface area contributed by atoms with Gasteiger partial charge in [-0.15, -0.1) is 0 Å². The zero-order valence-corrected chi connectivity index (χ0v) is 12.0. The molecule has 0 spiro atoms. The third-order valence-electron chi connectivity index (χ3n) is 3.70. The van der Waals surface area contributed by atoms with Gasteiger partial charge in [0.05, 0.1) is 17.4 Å². The first-order valence-electron chi connectivity index (χ1n) is 7.40. The standard InChI is InChI=1S/C16H20N4O/c17-9-4-10-19(14-7-8-14)16(21)13-11-18-20(12-13)15-5-2-1-3-6-15/h1-3,5-6,11-12,14H,4,7-10,17H2. The van der Waals surface area contributed by atoms with Gasteiger partial charge in [0.1, 0.15) is 0 Å². The number of nitrogens with zero attached hydrogens (tertiary/aromatic N) is 3. The highest BCUT2D eigenvalue weighted by molar-refractivity contribution is 5.94. The van der Waals surface area contributed by atoms with Gasteiger partial charge in [-0.25, -0.2) is 4.68 Å². The van der Waals surface area contributed by atoms with E-state index in [9.17, 15) is 4.79 Å². The summed E-state index contributed by atoms with van der Waals surface area (Å²) in [6.07, 6.45) is 6.49. The number of carbonyl (C=O) groups excluding carboxylic acids is 1. The summed E-state index contributed by atoms with van der Waals surface area (Å²) >= 11 is 0. The van der Waals surface area contributed by atoms with E-state index in [4.69, 9.17) is 5.73 Å². The summed E-state index contributed by atoms with van der Waals surface area (Å²) in [7, 11) is 0. The Balaban J connectivity index is 1.77. The Morgan fingerprint density at radius 2 is 2.10 bits per heavy atom. The fourth-order valence-electron chi connectivity index (χ4n) is 2.42. The average molecular weight is 284 g/mol. The Bertz CT molecular complexity index is 604. The van der Waals surface area contributed by atoms with Gasteiger partial charge in [0.2, 0.25) is 0 Å². The van der Waals surface area contributed by atoms with Crippen molar-refractivity contribution in [3.8, 4) is 5.69 Å². The van der Waals surface area contributed by atoms with Crippen LogP contribution in [0.4, 0.5) is 0 Å². The summed E-state index contributed by atoms with van der Waals surface area (Å²) < 4.78 is 1.74. The lowest BCUT2D eigenvalue weighted by atomic mass is 10.2. The Labute approximate surface area is 124 Å². The maximum absolute atomic E-state index is 12.6. The molecule has 0 saturated heterocycles.